The summed E-state index contributed by atoms with van der Waals surface area (Å²) < 4.78 is 16.0. The molecule has 5 aromatic rings. The average Bonchev–Trinajstić information content (AvgIpc) is 3.53. The molecule has 3 heterocycles. The molecule has 0 spiro atoms. The van der Waals surface area contributed by atoms with Crippen LogP contribution >= 0.6 is 0 Å². The highest BCUT2D eigenvalue weighted by Gasteiger charge is 2.26. The first-order valence-corrected chi connectivity index (χ1v) is 11.7. The maximum absolute atomic E-state index is 13.5. The van der Waals surface area contributed by atoms with E-state index in [0.29, 0.717) is 17.2 Å². The molecule has 10 heteroatoms. The zero-order valence-electron chi connectivity index (χ0n) is 20.1. The van der Waals surface area contributed by atoms with E-state index in [1.165, 1.54) is 22.8 Å². The van der Waals surface area contributed by atoms with E-state index in [4.69, 9.17) is 0 Å². The van der Waals surface area contributed by atoms with Gasteiger partial charge in [0.15, 0.2) is 11.5 Å². The number of amides is 2. The van der Waals surface area contributed by atoms with Crippen molar-refractivity contribution in [3.63, 3.8) is 0 Å². The van der Waals surface area contributed by atoms with Gasteiger partial charge in [0, 0.05) is 37.1 Å². The van der Waals surface area contributed by atoms with Gasteiger partial charge in [-0.1, -0.05) is 60.7 Å². The molecule has 0 saturated carbocycles. The number of nitrogens with one attached hydrogen (secondary N) is 1. The minimum atomic E-state index is -0.689. The molecule has 0 aliphatic carbocycles. The summed E-state index contributed by atoms with van der Waals surface area (Å²) >= 11 is 0. The van der Waals surface area contributed by atoms with Gasteiger partial charge in [-0.25, -0.2) is 13.9 Å². The Morgan fingerprint density at radius 1 is 1.03 bits per heavy atom. The van der Waals surface area contributed by atoms with Crippen molar-refractivity contribution in [3.05, 3.63) is 102 Å². The Hall–Kier alpha value is -4.86. The molecule has 0 unspecified atom stereocenters. The lowest BCUT2D eigenvalue weighted by molar-refractivity contribution is 0.0780. The largest absolute Gasteiger partial charge is 0.339 e. The Kier molecular flexibility index (Phi) is 6.71. The van der Waals surface area contributed by atoms with Crippen molar-refractivity contribution in [1.29, 1.82) is 0 Å². The van der Waals surface area contributed by atoms with Crippen LogP contribution < -0.4 is 5.32 Å². The standard InChI is InChI=1S/C27H24FN7O2/c1-33(15-13-28)27(37)22-17-29-35(18-19-8-4-2-5-9-19)24(22)26(36)30-21-12-14-34-23(16-21)31-25(32-34)20-10-6-3-7-11-20/h2-12,14,16-17H,13,15,18H2,1H3,(H,30,36). The molecule has 0 saturated heterocycles. The van der Waals surface area contributed by atoms with Crippen LogP contribution in [-0.2, 0) is 6.54 Å². The fourth-order valence-electron chi connectivity index (χ4n) is 3.95. The van der Waals surface area contributed by atoms with Crippen LogP contribution in [0.25, 0.3) is 17.0 Å². The second kappa shape index (κ2) is 10.4. The molecule has 0 bridgehead atoms. The van der Waals surface area contributed by atoms with Gasteiger partial charge in [-0.2, -0.15) is 5.10 Å². The van der Waals surface area contributed by atoms with Gasteiger partial charge in [0.05, 0.1) is 18.3 Å². The van der Waals surface area contributed by atoms with E-state index in [-0.39, 0.29) is 24.3 Å². The van der Waals surface area contributed by atoms with Gasteiger partial charge in [-0.3, -0.25) is 14.3 Å². The first-order valence-electron chi connectivity index (χ1n) is 11.7. The van der Waals surface area contributed by atoms with Crippen LogP contribution in [0.15, 0.2) is 85.2 Å². The second-order valence-corrected chi connectivity index (χ2v) is 8.44. The van der Waals surface area contributed by atoms with E-state index in [1.807, 2.05) is 60.7 Å². The number of hydrogen-bond acceptors (Lipinski definition) is 5. The third-order valence-corrected chi connectivity index (χ3v) is 5.85. The van der Waals surface area contributed by atoms with E-state index in [2.05, 4.69) is 20.5 Å². The van der Waals surface area contributed by atoms with Crippen molar-refractivity contribution < 1.29 is 14.0 Å². The van der Waals surface area contributed by atoms with Gasteiger partial charge in [-0.05, 0) is 11.6 Å². The summed E-state index contributed by atoms with van der Waals surface area (Å²) in [5.41, 5.74) is 3.00. The molecule has 2 aromatic carbocycles. The molecular formula is C27H24FN7O2. The number of nitrogens with zero attached hydrogens (tertiary/aromatic N) is 6. The van der Waals surface area contributed by atoms with Crippen LogP contribution in [0.4, 0.5) is 10.1 Å². The third kappa shape index (κ3) is 5.08. The lowest BCUT2D eigenvalue weighted by Crippen LogP contribution is -2.31. The number of rotatable bonds is 8. The predicted octanol–water partition coefficient (Wildman–Crippen LogP) is 3.93. The number of carbonyl (C=O) groups excluding carboxylic acids is 2. The van der Waals surface area contributed by atoms with Crippen LogP contribution in [0, 0.1) is 0 Å². The van der Waals surface area contributed by atoms with E-state index < -0.39 is 18.5 Å². The fourth-order valence-corrected chi connectivity index (χ4v) is 3.95. The van der Waals surface area contributed by atoms with Crippen molar-refractivity contribution in [2.45, 2.75) is 6.54 Å². The normalized spacial score (nSPS) is 11.0. The summed E-state index contributed by atoms with van der Waals surface area (Å²) in [4.78, 5) is 32.3. The molecule has 2 amide bonds. The molecule has 0 radical (unpaired) electrons. The Morgan fingerprint density at radius 2 is 1.76 bits per heavy atom. The number of pyridine rings is 1. The van der Waals surface area contributed by atoms with Gasteiger partial charge in [0.1, 0.15) is 12.4 Å². The first-order chi connectivity index (χ1) is 18.0. The minimum Gasteiger partial charge on any atom is -0.339 e. The fraction of sp³-hybridized carbons (Fsp3) is 0.148. The highest BCUT2D eigenvalue weighted by Crippen LogP contribution is 2.20. The molecular weight excluding hydrogens is 473 g/mol. The number of hydrogen-bond donors (Lipinski definition) is 1. The van der Waals surface area contributed by atoms with Gasteiger partial charge < -0.3 is 10.2 Å². The summed E-state index contributed by atoms with van der Waals surface area (Å²) in [6.45, 7) is -0.490. The van der Waals surface area contributed by atoms with Gasteiger partial charge >= 0.3 is 0 Å². The third-order valence-electron chi connectivity index (χ3n) is 5.85. The summed E-state index contributed by atoms with van der Waals surface area (Å²) in [5.74, 6) is -0.436. The molecule has 5 rings (SSSR count). The molecule has 0 atom stereocenters. The molecule has 3 aromatic heterocycles. The number of aromatic nitrogens is 5. The van der Waals surface area contributed by atoms with Crippen LogP contribution in [0.1, 0.15) is 26.4 Å². The number of benzene rings is 2. The maximum Gasteiger partial charge on any atom is 0.274 e. The van der Waals surface area contributed by atoms with E-state index in [0.717, 1.165) is 11.1 Å². The Bertz CT molecular complexity index is 1550. The number of carbonyl (C=O) groups is 2. The van der Waals surface area contributed by atoms with Gasteiger partial charge in [0.25, 0.3) is 11.8 Å². The predicted molar refractivity (Wildman–Crippen MR) is 137 cm³/mol. The molecule has 0 aliphatic heterocycles. The highest BCUT2D eigenvalue weighted by molar-refractivity contribution is 6.11. The number of halogens is 1. The van der Waals surface area contributed by atoms with Gasteiger partial charge in [0.2, 0.25) is 0 Å². The average molecular weight is 498 g/mol. The Morgan fingerprint density at radius 3 is 2.49 bits per heavy atom. The quantitative estimate of drug-likeness (QED) is 0.350. The lowest BCUT2D eigenvalue weighted by Gasteiger charge is -2.16. The smallest absolute Gasteiger partial charge is 0.274 e. The van der Waals surface area contributed by atoms with E-state index in [1.54, 1.807) is 22.8 Å². The summed E-state index contributed by atoms with van der Waals surface area (Å²) in [5, 5.41) is 11.7. The minimum absolute atomic E-state index is 0.0863. The van der Waals surface area contributed by atoms with Crippen molar-refractivity contribution in [3.8, 4) is 11.4 Å². The number of anilines is 1. The lowest BCUT2D eigenvalue weighted by atomic mass is 10.2. The molecule has 37 heavy (non-hydrogen) atoms. The molecule has 0 aliphatic rings. The number of alkyl halides is 1. The van der Waals surface area contributed by atoms with Crippen LogP contribution in [0.5, 0.6) is 0 Å². The van der Waals surface area contributed by atoms with E-state index in [9.17, 15) is 14.0 Å². The van der Waals surface area contributed by atoms with Crippen LogP contribution in [0.2, 0.25) is 0 Å². The number of fused-ring (bicyclic) bond motifs is 1. The Labute approximate surface area is 212 Å². The summed E-state index contributed by atoms with van der Waals surface area (Å²) in [7, 11) is 1.49. The topological polar surface area (TPSA) is 97.4 Å². The molecule has 9 nitrogen and oxygen atoms in total. The SMILES string of the molecule is CN(CCF)C(=O)c1cnn(Cc2ccccc2)c1C(=O)Nc1ccn2nc(-c3ccccc3)nc2c1. The molecule has 186 valence electrons. The van der Waals surface area contributed by atoms with E-state index >= 15 is 0 Å². The monoisotopic (exact) mass is 497 g/mol. The van der Waals surface area contributed by atoms with Crippen LogP contribution in [0.3, 0.4) is 0 Å². The maximum atomic E-state index is 13.5. The second-order valence-electron chi connectivity index (χ2n) is 8.44. The summed E-state index contributed by atoms with van der Waals surface area (Å²) in [6.07, 6.45) is 3.05. The van der Waals surface area contributed by atoms with Gasteiger partial charge in [-0.15, -0.1) is 5.10 Å². The molecule has 1 N–H and O–H groups in total. The first kappa shape index (κ1) is 23.9. The Balaban J connectivity index is 1.46. The molecule has 0 fully saturated rings. The highest BCUT2D eigenvalue weighted by atomic mass is 19.1. The van der Waals surface area contributed by atoms with Crippen LogP contribution in [-0.4, -0.2) is 61.4 Å². The zero-order chi connectivity index (χ0) is 25.8. The zero-order valence-corrected chi connectivity index (χ0v) is 20.1. The van der Waals surface area contributed by atoms with Crippen molar-refractivity contribution in [1.82, 2.24) is 29.3 Å². The van der Waals surface area contributed by atoms with Crippen molar-refractivity contribution in [2.75, 3.05) is 25.6 Å². The summed E-state index contributed by atoms with van der Waals surface area (Å²) in [6, 6.07) is 22.5. The van der Waals surface area contributed by atoms with Crippen molar-refractivity contribution >= 4 is 23.1 Å². The van der Waals surface area contributed by atoms with Crippen molar-refractivity contribution in [2.24, 2.45) is 0 Å².